The van der Waals surface area contributed by atoms with E-state index in [1.807, 2.05) is 18.2 Å². The highest BCUT2D eigenvalue weighted by atomic mass is 16.7. The molecular weight excluding hydrogens is 206 g/mol. The van der Waals surface area contributed by atoms with E-state index in [1.54, 1.807) is 12.1 Å². The van der Waals surface area contributed by atoms with Gasteiger partial charge in [-0.3, -0.25) is 0 Å². The molecule has 4 heteroatoms. The lowest BCUT2D eigenvalue weighted by molar-refractivity contribution is 0.0986. The number of ether oxygens (including phenoxy) is 1. The third-order valence-electron chi connectivity index (χ3n) is 1.98. The Kier molecular flexibility index (Phi) is 5.84. The Balaban J connectivity index is 2.11. The predicted octanol–water partition coefficient (Wildman–Crippen LogP) is 2.90. The number of unbranched alkanes of at least 4 members (excludes halogenated alkanes) is 2. The van der Waals surface area contributed by atoms with E-state index < -0.39 is 6.09 Å². The monoisotopic (exact) mass is 223 g/mol. The lowest BCUT2D eigenvalue weighted by Crippen LogP contribution is -2.27. The van der Waals surface area contributed by atoms with Crippen molar-refractivity contribution in [1.82, 2.24) is 5.48 Å². The summed E-state index contributed by atoms with van der Waals surface area (Å²) >= 11 is 0. The molecule has 0 aliphatic heterocycles. The molecule has 1 aromatic carbocycles. The van der Waals surface area contributed by atoms with Crippen molar-refractivity contribution < 1.29 is 14.4 Å². The topological polar surface area (TPSA) is 47.6 Å². The highest BCUT2D eigenvalue weighted by molar-refractivity contribution is 5.66. The minimum atomic E-state index is -0.556. The molecule has 88 valence electrons. The standard InChI is InChI=1S/C12H17NO3/c1-2-3-7-10-15-12(14)13-16-11-8-5-4-6-9-11/h4-6,8-9H,2-3,7,10H2,1H3,(H,13,14). The number of hydrogen-bond acceptors (Lipinski definition) is 3. The van der Waals surface area contributed by atoms with Crippen molar-refractivity contribution in [2.45, 2.75) is 26.2 Å². The second-order valence-corrected chi connectivity index (χ2v) is 3.36. The van der Waals surface area contributed by atoms with Crippen LogP contribution < -0.4 is 10.3 Å². The number of carbonyl (C=O) groups is 1. The Labute approximate surface area is 95.5 Å². The second kappa shape index (κ2) is 7.56. The second-order valence-electron chi connectivity index (χ2n) is 3.36. The quantitative estimate of drug-likeness (QED) is 0.596. The van der Waals surface area contributed by atoms with E-state index in [9.17, 15) is 4.79 Å². The highest BCUT2D eigenvalue weighted by Crippen LogP contribution is 2.06. The van der Waals surface area contributed by atoms with Gasteiger partial charge in [-0.2, -0.15) is 5.48 Å². The Morgan fingerprint density at radius 2 is 2.00 bits per heavy atom. The zero-order valence-electron chi connectivity index (χ0n) is 9.44. The van der Waals surface area contributed by atoms with Gasteiger partial charge < -0.3 is 9.57 Å². The third kappa shape index (κ3) is 5.24. The summed E-state index contributed by atoms with van der Waals surface area (Å²) in [6, 6.07) is 9.01. The SMILES string of the molecule is CCCCCOC(=O)NOc1ccccc1. The largest absolute Gasteiger partial charge is 0.447 e. The Morgan fingerprint density at radius 1 is 1.25 bits per heavy atom. The molecule has 0 bridgehead atoms. The molecule has 0 unspecified atom stereocenters. The van der Waals surface area contributed by atoms with Crippen LogP contribution in [0.5, 0.6) is 5.75 Å². The normalized spacial score (nSPS) is 9.56. The van der Waals surface area contributed by atoms with Crippen molar-refractivity contribution >= 4 is 6.09 Å². The minimum Gasteiger partial charge on any atom is -0.447 e. The van der Waals surface area contributed by atoms with Gasteiger partial charge in [0, 0.05) is 0 Å². The summed E-state index contributed by atoms with van der Waals surface area (Å²) in [5.74, 6) is 0.577. The third-order valence-corrected chi connectivity index (χ3v) is 1.98. The number of nitrogens with one attached hydrogen (secondary N) is 1. The molecule has 0 aliphatic carbocycles. The first-order chi connectivity index (χ1) is 7.83. The van der Waals surface area contributed by atoms with Gasteiger partial charge in [0.15, 0.2) is 5.75 Å². The molecule has 0 spiro atoms. The summed E-state index contributed by atoms with van der Waals surface area (Å²) < 4.78 is 4.89. The summed E-state index contributed by atoms with van der Waals surface area (Å²) in [4.78, 5) is 16.1. The van der Waals surface area contributed by atoms with E-state index in [4.69, 9.17) is 9.57 Å². The van der Waals surface area contributed by atoms with Crippen LogP contribution >= 0.6 is 0 Å². The van der Waals surface area contributed by atoms with Crippen LogP contribution in [0.25, 0.3) is 0 Å². The number of rotatable bonds is 6. The fraction of sp³-hybridized carbons (Fsp3) is 0.417. The van der Waals surface area contributed by atoms with Crippen LogP contribution in [0.2, 0.25) is 0 Å². The molecule has 1 aromatic rings. The van der Waals surface area contributed by atoms with Crippen LogP contribution in [0, 0.1) is 0 Å². The van der Waals surface area contributed by atoms with Crippen molar-refractivity contribution in [3.63, 3.8) is 0 Å². The van der Waals surface area contributed by atoms with Gasteiger partial charge in [0.05, 0.1) is 6.61 Å². The fourth-order valence-electron chi connectivity index (χ4n) is 1.14. The van der Waals surface area contributed by atoms with Crippen molar-refractivity contribution in [2.24, 2.45) is 0 Å². The lowest BCUT2D eigenvalue weighted by Gasteiger charge is -2.07. The Hall–Kier alpha value is -1.71. The van der Waals surface area contributed by atoms with Gasteiger partial charge >= 0.3 is 6.09 Å². The Bertz CT molecular complexity index is 300. The van der Waals surface area contributed by atoms with Gasteiger partial charge in [0.1, 0.15) is 0 Å². The maximum atomic E-state index is 11.1. The van der Waals surface area contributed by atoms with Gasteiger partial charge in [0.2, 0.25) is 0 Å². The van der Waals surface area contributed by atoms with Crippen molar-refractivity contribution in [1.29, 1.82) is 0 Å². The van der Waals surface area contributed by atoms with Gasteiger partial charge in [-0.15, -0.1) is 0 Å². The van der Waals surface area contributed by atoms with E-state index in [-0.39, 0.29) is 0 Å². The van der Waals surface area contributed by atoms with E-state index in [0.29, 0.717) is 12.4 Å². The molecule has 0 aliphatic rings. The molecule has 4 nitrogen and oxygen atoms in total. The van der Waals surface area contributed by atoms with Crippen molar-refractivity contribution in [2.75, 3.05) is 6.61 Å². The van der Waals surface area contributed by atoms with Crippen LogP contribution in [0.4, 0.5) is 4.79 Å². The number of amides is 1. The minimum absolute atomic E-state index is 0.428. The fourth-order valence-corrected chi connectivity index (χ4v) is 1.14. The van der Waals surface area contributed by atoms with Crippen molar-refractivity contribution in [3.05, 3.63) is 30.3 Å². The average molecular weight is 223 g/mol. The van der Waals surface area contributed by atoms with Gasteiger partial charge in [-0.05, 0) is 18.6 Å². The summed E-state index contributed by atoms with van der Waals surface area (Å²) in [6.45, 7) is 2.52. The maximum absolute atomic E-state index is 11.1. The van der Waals surface area contributed by atoms with Gasteiger partial charge in [-0.1, -0.05) is 38.0 Å². The van der Waals surface area contributed by atoms with Gasteiger partial charge in [-0.25, -0.2) is 4.79 Å². The van der Waals surface area contributed by atoms with Crippen LogP contribution in [-0.2, 0) is 4.74 Å². The molecule has 0 radical (unpaired) electrons. The number of carbonyl (C=O) groups excluding carboxylic acids is 1. The summed E-state index contributed by atoms with van der Waals surface area (Å²) in [5.41, 5.74) is 2.21. The molecule has 0 saturated heterocycles. The van der Waals surface area contributed by atoms with Crippen LogP contribution in [0.15, 0.2) is 30.3 Å². The van der Waals surface area contributed by atoms with E-state index in [0.717, 1.165) is 19.3 Å². The summed E-state index contributed by atoms with van der Waals surface area (Å²) in [5, 5.41) is 0. The average Bonchev–Trinajstić information content (AvgIpc) is 2.33. The molecule has 0 saturated carbocycles. The molecule has 0 fully saturated rings. The highest BCUT2D eigenvalue weighted by Gasteiger charge is 2.01. The molecule has 1 N–H and O–H groups in total. The molecule has 0 aromatic heterocycles. The first kappa shape index (κ1) is 12.4. The van der Waals surface area contributed by atoms with Crippen molar-refractivity contribution in [3.8, 4) is 5.75 Å². The molecule has 1 rings (SSSR count). The van der Waals surface area contributed by atoms with E-state index in [1.165, 1.54) is 0 Å². The van der Waals surface area contributed by atoms with Crippen LogP contribution in [-0.4, -0.2) is 12.7 Å². The Morgan fingerprint density at radius 3 is 2.69 bits per heavy atom. The van der Waals surface area contributed by atoms with Crippen LogP contribution in [0.1, 0.15) is 26.2 Å². The predicted molar refractivity (Wildman–Crippen MR) is 61.1 cm³/mol. The number of para-hydroxylation sites is 1. The van der Waals surface area contributed by atoms with E-state index in [2.05, 4.69) is 12.4 Å². The lowest BCUT2D eigenvalue weighted by atomic mass is 10.3. The smallest absolute Gasteiger partial charge is 0.440 e. The molecule has 16 heavy (non-hydrogen) atoms. The molecule has 0 heterocycles. The number of hydroxylamine groups is 1. The molecular formula is C12H17NO3. The number of hydrogen-bond donors (Lipinski definition) is 1. The first-order valence-corrected chi connectivity index (χ1v) is 5.47. The molecule has 0 atom stereocenters. The zero-order chi connectivity index (χ0) is 11.6. The zero-order valence-corrected chi connectivity index (χ0v) is 9.44. The summed E-state index contributed by atoms with van der Waals surface area (Å²) in [7, 11) is 0. The maximum Gasteiger partial charge on any atom is 0.440 e. The van der Waals surface area contributed by atoms with E-state index >= 15 is 0 Å². The summed E-state index contributed by atoms with van der Waals surface area (Å²) in [6.07, 6.45) is 2.49. The van der Waals surface area contributed by atoms with Crippen LogP contribution in [0.3, 0.4) is 0 Å². The first-order valence-electron chi connectivity index (χ1n) is 5.47. The van der Waals surface area contributed by atoms with Gasteiger partial charge in [0.25, 0.3) is 0 Å². The number of benzene rings is 1. The molecule has 1 amide bonds.